The lowest BCUT2D eigenvalue weighted by Crippen LogP contribution is -2.03. The van der Waals surface area contributed by atoms with Crippen LogP contribution >= 0.6 is 7.82 Å². The SMILES string of the molecule is CC(C)O.CCCCOP(=O)(OCCCC)OCCCC. The molecule has 0 aromatic carbocycles. The lowest BCUT2D eigenvalue weighted by molar-refractivity contribution is 0.110. The van der Waals surface area contributed by atoms with Crippen molar-refractivity contribution < 1.29 is 23.2 Å². The van der Waals surface area contributed by atoms with Gasteiger partial charge in [0.2, 0.25) is 0 Å². The third kappa shape index (κ3) is 20.1. The topological polar surface area (TPSA) is 65.0 Å². The van der Waals surface area contributed by atoms with E-state index in [1.165, 1.54) is 0 Å². The molecule has 130 valence electrons. The number of aliphatic hydroxyl groups is 1. The molecule has 0 aliphatic heterocycles. The Kier molecular flexibility index (Phi) is 18.3. The summed E-state index contributed by atoms with van der Waals surface area (Å²) in [6.07, 6.45) is 5.46. The Bertz CT molecular complexity index is 210. The van der Waals surface area contributed by atoms with Crippen LogP contribution in [0.4, 0.5) is 0 Å². The van der Waals surface area contributed by atoms with Gasteiger partial charge in [0.15, 0.2) is 0 Å². The van der Waals surface area contributed by atoms with Gasteiger partial charge in [0.1, 0.15) is 0 Å². The second-order valence-electron chi connectivity index (χ2n) is 5.10. The Balaban J connectivity index is 0. The number of hydrogen-bond donors (Lipinski definition) is 1. The number of phosphoric ester groups is 1. The molecule has 0 saturated heterocycles. The van der Waals surface area contributed by atoms with E-state index in [1.54, 1.807) is 13.8 Å². The number of unbranched alkanes of at least 4 members (excludes halogenated alkanes) is 3. The van der Waals surface area contributed by atoms with E-state index >= 15 is 0 Å². The summed E-state index contributed by atoms with van der Waals surface area (Å²) in [4.78, 5) is 0. The molecule has 0 amide bonds. The minimum Gasteiger partial charge on any atom is -0.394 e. The van der Waals surface area contributed by atoms with Crippen LogP contribution in [-0.2, 0) is 18.1 Å². The molecule has 0 aromatic rings. The van der Waals surface area contributed by atoms with Crippen molar-refractivity contribution in [2.45, 2.75) is 79.2 Å². The van der Waals surface area contributed by atoms with Crippen molar-refractivity contribution in [2.75, 3.05) is 19.8 Å². The molecule has 0 radical (unpaired) electrons. The average Bonchev–Trinajstić information content (AvgIpc) is 2.39. The normalized spacial score (nSPS) is 11.4. The van der Waals surface area contributed by atoms with Gasteiger partial charge in [-0.05, 0) is 33.1 Å². The third-order valence-electron chi connectivity index (χ3n) is 2.24. The summed E-state index contributed by atoms with van der Waals surface area (Å²) in [5.74, 6) is 0. The summed E-state index contributed by atoms with van der Waals surface area (Å²) in [6.45, 7) is 10.9. The van der Waals surface area contributed by atoms with Crippen molar-refractivity contribution in [3.63, 3.8) is 0 Å². The first-order valence-corrected chi connectivity index (χ1v) is 9.59. The van der Waals surface area contributed by atoms with Gasteiger partial charge in [0, 0.05) is 6.10 Å². The molecule has 0 spiro atoms. The highest BCUT2D eigenvalue weighted by molar-refractivity contribution is 7.48. The standard InChI is InChI=1S/C12H27O4P.C3H8O/c1-4-7-10-14-17(13,15-11-8-5-2)16-12-9-6-3;1-3(2)4/h4-12H2,1-3H3;3-4H,1-2H3. The Morgan fingerprint density at radius 2 is 1.05 bits per heavy atom. The zero-order chi connectivity index (χ0) is 16.6. The van der Waals surface area contributed by atoms with Crippen LogP contribution in [0.2, 0.25) is 0 Å². The van der Waals surface area contributed by atoms with Gasteiger partial charge in [0.05, 0.1) is 19.8 Å². The maximum absolute atomic E-state index is 12.2. The quantitative estimate of drug-likeness (QED) is 0.407. The molecular formula is C15H35O5P. The summed E-state index contributed by atoms with van der Waals surface area (Å²) in [7, 11) is -3.31. The van der Waals surface area contributed by atoms with E-state index in [-0.39, 0.29) is 6.10 Å². The van der Waals surface area contributed by atoms with Crippen molar-refractivity contribution in [3.05, 3.63) is 0 Å². The van der Waals surface area contributed by atoms with Crippen LogP contribution in [0, 0.1) is 0 Å². The van der Waals surface area contributed by atoms with E-state index in [0.717, 1.165) is 38.5 Å². The molecule has 0 bridgehead atoms. The van der Waals surface area contributed by atoms with Crippen molar-refractivity contribution in [3.8, 4) is 0 Å². The van der Waals surface area contributed by atoms with Crippen LogP contribution in [0.15, 0.2) is 0 Å². The van der Waals surface area contributed by atoms with Crippen LogP contribution in [0.5, 0.6) is 0 Å². The monoisotopic (exact) mass is 326 g/mol. The molecular weight excluding hydrogens is 291 g/mol. The molecule has 0 aliphatic rings. The van der Waals surface area contributed by atoms with Gasteiger partial charge in [-0.2, -0.15) is 0 Å². The Labute approximate surface area is 131 Å². The molecule has 0 unspecified atom stereocenters. The molecule has 0 aliphatic carbocycles. The van der Waals surface area contributed by atoms with Gasteiger partial charge in [-0.1, -0.05) is 40.0 Å². The van der Waals surface area contributed by atoms with Gasteiger partial charge in [-0.25, -0.2) is 4.57 Å². The summed E-state index contributed by atoms with van der Waals surface area (Å²) >= 11 is 0. The summed E-state index contributed by atoms with van der Waals surface area (Å²) in [5, 5.41) is 8.06. The Morgan fingerprint density at radius 1 is 0.810 bits per heavy atom. The van der Waals surface area contributed by atoms with Crippen LogP contribution in [0.3, 0.4) is 0 Å². The largest absolute Gasteiger partial charge is 0.474 e. The van der Waals surface area contributed by atoms with Crippen LogP contribution in [-0.4, -0.2) is 31.0 Å². The first-order valence-electron chi connectivity index (χ1n) is 8.13. The minimum atomic E-state index is -3.31. The first kappa shape index (κ1) is 23.3. The molecule has 6 heteroatoms. The number of rotatable bonds is 12. The van der Waals surface area contributed by atoms with Gasteiger partial charge >= 0.3 is 7.82 Å². The first-order chi connectivity index (χ1) is 9.91. The van der Waals surface area contributed by atoms with E-state index in [9.17, 15) is 4.57 Å². The van der Waals surface area contributed by atoms with Gasteiger partial charge in [-0.3, -0.25) is 13.6 Å². The minimum absolute atomic E-state index is 0.167. The molecule has 0 atom stereocenters. The predicted molar refractivity (Wildman–Crippen MR) is 87.5 cm³/mol. The fourth-order valence-corrected chi connectivity index (χ4v) is 2.36. The Hall–Kier alpha value is 0.0700. The smallest absolute Gasteiger partial charge is 0.394 e. The van der Waals surface area contributed by atoms with Crippen molar-refractivity contribution in [1.82, 2.24) is 0 Å². The third-order valence-corrected chi connectivity index (χ3v) is 3.74. The van der Waals surface area contributed by atoms with Gasteiger partial charge in [0.25, 0.3) is 0 Å². The maximum atomic E-state index is 12.2. The zero-order valence-corrected chi connectivity index (χ0v) is 15.4. The molecule has 5 nitrogen and oxygen atoms in total. The second kappa shape index (κ2) is 16.4. The van der Waals surface area contributed by atoms with E-state index in [0.29, 0.717) is 19.8 Å². The van der Waals surface area contributed by atoms with Gasteiger partial charge < -0.3 is 5.11 Å². The molecule has 0 saturated carbocycles. The lowest BCUT2D eigenvalue weighted by atomic mass is 10.4. The fourth-order valence-electron chi connectivity index (χ4n) is 1.07. The van der Waals surface area contributed by atoms with E-state index in [4.69, 9.17) is 18.7 Å². The van der Waals surface area contributed by atoms with Crippen molar-refractivity contribution in [2.24, 2.45) is 0 Å². The molecule has 1 N–H and O–H groups in total. The van der Waals surface area contributed by atoms with E-state index in [2.05, 4.69) is 20.8 Å². The molecule has 0 heterocycles. The number of hydrogen-bond acceptors (Lipinski definition) is 5. The van der Waals surface area contributed by atoms with Crippen LogP contribution < -0.4 is 0 Å². The summed E-state index contributed by atoms with van der Waals surface area (Å²) < 4.78 is 28.0. The number of phosphoric acid groups is 1. The molecule has 0 rings (SSSR count). The highest BCUT2D eigenvalue weighted by Gasteiger charge is 2.25. The Morgan fingerprint density at radius 3 is 1.24 bits per heavy atom. The fraction of sp³-hybridized carbons (Fsp3) is 1.00. The van der Waals surface area contributed by atoms with Crippen LogP contribution in [0.25, 0.3) is 0 Å². The summed E-state index contributed by atoms with van der Waals surface area (Å²) in [6, 6.07) is 0. The van der Waals surface area contributed by atoms with Crippen molar-refractivity contribution in [1.29, 1.82) is 0 Å². The summed E-state index contributed by atoms with van der Waals surface area (Å²) in [5.41, 5.74) is 0. The highest BCUT2D eigenvalue weighted by atomic mass is 31.2. The second-order valence-corrected chi connectivity index (χ2v) is 6.77. The van der Waals surface area contributed by atoms with Gasteiger partial charge in [-0.15, -0.1) is 0 Å². The number of aliphatic hydroxyl groups excluding tert-OH is 1. The van der Waals surface area contributed by atoms with E-state index < -0.39 is 7.82 Å². The van der Waals surface area contributed by atoms with Crippen LogP contribution in [0.1, 0.15) is 73.1 Å². The van der Waals surface area contributed by atoms with E-state index in [1.807, 2.05) is 0 Å². The zero-order valence-electron chi connectivity index (χ0n) is 14.5. The van der Waals surface area contributed by atoms with Crippen molar-refractivity contribution >= 4 is 7.82 Å². The average molecular weight is 326 g/mol. The maximum Gasteiger partial charge on any atom is 0.474 e. The molecule has 0 aromatic heterocycles. The molecule has 0 fully saturated rings. The lowest BCUT2D eigenvalue weighted by Gasteiger charge is -2.17. The predicted octanol–water partition coefficient (Wildman–Crippen LogP) is 4.93. The highest BCUT2D eigenvalue weighted by Crippen LogP contribution is 2.49. The molecule has 21 heavy (non-hydrogen) atoms.